The van der Waals surface area contributed by atoms with Gasteiger partial charge in [-0.2, -0.15) is 0 Å². The van der Waals surface area contributed by atoms with Crippen LogP contribution >= 0.6 is 0 Å². The predicted molar refractivity (Wildman–Crippen MR) is 109 cm³/mol. The van der Waals surface area contributed by atoms with Crippen LogP contribution in [0.2, 0.25) is 0 Å². The van der Waals surface area contributed by atoms with Crippen molar-refractivity contribution in [2.75, 3.05) is 26.7 Å². The van der Waals surface area contributed by atoms with E-state index in [1.807, 2.05) is 7.11 Å². The molecule has 0 bridgehead atoms. The monoisotopic (exact) mass is 339 g/mol. The molecule has 0 spiro atoms. The Labute approximate surface area is 153 Å². The molecule has 0 amide bonds. The van der Waals surface area contributed by atoms with Gasteiger partial charge in [0.25, 0.3) is 0 Å². The highest BCUT2D eigenvalue weighted by molar-refractivity contribution is 4.96. The first-order valence-corrected chi connectivity index (χ1v) is 10.5. The first-order chi connectivity index (χ1) is 11.6. The molecule has 0 saturated heterocycles. The van der Waals surface area contributed by atoms with Crippen molar-refractivity contribution in [3.8, 4) is 0 Å². The van der Waals surface area contributed by atoms with Crippen LogP contribution in [0.5, 0.6) is 0 Å². The second-order valence-corrected chi connectivity index (χ2v) is 7.47. The number of hydrogen-bond donors (Lipinski definition) is 0. The largest absolute Gasteiger partial charge is 0.381 e. The second-order valence-electron chi connectivity index (χ2n) is 7.47. The summed E-state index contributed by atoms with van der Waals surface area (Å²) in [6.07, 6.45) is 15.0. The number of hydrogen-bond acceptors (Lipinski definition) is 2. The Kier molecular flexibility index (Phi) is 14.7. The molecule has 144 valence electrons. The summed E-state index contributed by atoms with van der Waals surface area (Å²) >= 11 is 0. The summed E-state index contributed by atoms with van der Waals surface area (Å²) in [6, 6.07) is 0. The Bertz CT molecular complexity index is 286. The smallest absolute Gasteiger partial charge is 0.0591 e. The Morgan fingerprint density at radius 3 is 2.04 bits per heavy atom. The molecule has 2 heteroatoms. The van der Waals surface area contributed by atoms with Crippen LogP contribution in [0.3, 0.4) is 0 Å². The fourth-order valence-electron chi connectivity index (χ4n) is 3.89. The van der Waals surface area contributed by atoms with Gasteiger partial charge in [0.15, 0.2) is 0 Å². The normalized spacial score (nSPS) is 15.4. The van der Waals surface area contributed by atoms with Crippen LogP contribution in [0.25, 0.3) is 0 Å². The van der Waals surface area contributed by atoms with Crippen LogP contribution in [-0.2, 0) is 4.74 Å². The zero-order valence-corrected chi connectivity index (χ0v) is 17.4. The molecule has 2 nitrogen and oxygen atoms in total. The van der Waals surface area contributed by atoms with Gasteiger partial charge in [-0.3, -0.25) is 0 Å². The molecule has 0 heterocycles. The lowest BCUT2D eigenvalue weighted by Gasteiger charge is -2.35. The van der Waals surface area contributed by atoms with Gasteiger partial charge in [0.05, 0.1) is 6.10 Å². The first kappa shape index (κ1) is 23.7. The highest BCUT2D eigenvalue weighted by Crippen LogP contribution is 2.38. The average Bonchev–Trinajstić information content (AvgIpc) is 2.59. The van der Waals surface area contributed by atoms with Gasteiger partial charge in [-0.15, -0.1) is 6.58 Å². The molecule has 0 aliphatic heterocycles. The van der Waals surface area contributed by atoms with E-state index in [9.17, 15) is 0 Å². The lowest BCUT2D eigenvalue weighted by Crippen LogP contribution is -2.32. The van der Waals surface area contributed by atoms with E-state index in [1.165, 1.54) is 64.5 Å². The summed E-state index contributed by atoms with van der Waals surface area (Å²) in [5.74, 6) is 0. The van der Waals surface area contributed by atoms with Gasteiger partial charge in [0.2, 0.25) is 0 Å². The molecule has 0 radical (unpaired) electrons. The molecule has 0 N–H and O–H groups in total. The van der Waals surface area contributed by atoms with Gasteiger partial charge in [-0.1, -0.05) is 59.5 Å². The van der Waals surface area contributed by atoms with E-state index in [2.05, 4.69) is 45.2 Å². The minimum absolute atomic E-state index is 0.269. The maximum atomic E-state index is 5.89. The van der Waals surface area contributed by atoms with Crippen LogP contribution < -0.4 is 0 Å². The molecule has 0 aromatic carbocycles. The maximum absolute atomic E-state index is 5.89. The zero-order chi connectivity index (χ0) is 18.3. The summed E-state index contributed by atoms with van der Waals surface area (Å²) in [6.45, 7) is 16.9. The Balaban J connectivity index is 4.70. The summed E-state index contributed by atoms with van der Waals surface area (Å²) in [5, 5.41) is 0. The van der Waals surface area contributed by atoms with E-state index in [0.717, 1.165) is 19.4 Å². The van der Waals surface area contributed by atoms with Crippen LogP contribution in [0.1, 0.15) is 91.9 Å². The molecule has 24 heavy (non-hydrogen) atoms. The van der Waals surface area contributed by atoms with Gasteiger partial charge >= 0.3 is 0 Å². The molecule has 0 rings (SSSR count). The highest BCUT2D eigenvalue weighted by atomic mass is 16.5. The van der Waals surface area contributed by atoms with Crippen LogP contribution in [-0.4, -0.2) is 37.7 Å². The number of nitrogens with zero attached hydrogens (tertiary/aromatic N) is 1. The average molecular weight is 340 g/mol. The lowest BCUT2D eigenvalue weighted by atomic mass is 9.74. The van der Waals surface area contributed by atoms with E-state index in [-0.39, 0.29) is 5.41 Å². The van der Waals surface area contributed by atoms with Crippen molar-refractivity contribution < 1.29 is 4.74 Å². The van der Waals surface area contributed by atoms with Crippen molar-refractivity contribution in [1.29, 1.82) is 0 Å². The molecule has 2 atom stereocenters. The van der Waals surface area contributed by atoms with Crippen LogP contribution in [0.4, 0.5) is 0 Å². The van der Waals surface area contributed by atoms with E-state index in [1.54, 1.807) is 0 Å². The molecule has 0 aromatic heterocycles. The van der Waals surface area contributed by atoms with Crippen molar-refractivity contribution >= 4 is 0 Å². The van der Waals surface area contributed by atoms with Crippen molar-refractivity contribution in [2.45, 2.75) is 98.0 Å². The van der Waals surface area contributed by atoms with E-state index < -0.39 is 0 Å². The summed E-state index contributed by atoms with van der Waals surface area (Å²) in [7, 11) is 1.89. The van der Waals surface area contributed by atoms with Gasteiger partial charge in [-0.05, 0) is 57.0 Å². The number of allylic oxidation sites excluding steroid dienone is 1. The number of rotatable bonds is 17. The molecular formula is C22H45NO. The molecule has 0 aliphatic rings. The van der Waals surface area contributed by atoms with E-state index in [4.69, 9.17) is 4.74 Å². The maximum Gasteiger partial charge on any atom is 0.0591 e. The predicted octanol–water partition coefficient (Wildman–Crippen LogP) is 6.46. The SMILES string of the molecule is C=CC(CCC)(CCCCC)CC(CCN(CCC)CCC)OC. The van der Waals surface area contributed by atoms with Gasteiger partial charge in [0.1, 0.15) is 0 Å². The van der Waals surface area contributed by atoms with Crippen molar-refractivity contribution in [3.63, 3.8) is 0 Å². The topological polar surface area (TPSA) is 12.5 Å². The van der Waals surface area contributed by atoms with Crippen LogP contribution in [0.15, 0.2) is 12.7 Å². The number of unbranched alkanes of at least 4 members (excludes halogenated alkanes) is 2. The first-order valence-electron chi connectivity index (χ1n) is 10.5. The Morgan fingerprint density at radius 1 is 0.917 bits per heavy atom. The Hall–Kier alpha value is -0.340. The minimum Gasteiger partial charge on any atom is -0.381 e. The quantitative estimate of drug-likeness (QED) is 0.223. The number of methoxy groups -OCH3 is 1. The molecule has 2 unspecified atom stereocenters. The highest BCUT2D eigenvalue weighted by Gasteiger charge is 2.29. The molecule has 0 aliphatic carbocycles. The van der Waals surface area contributed by atoms with E-state index in [0.29, 0.717) is 6.10 Å². The standard InChI is InChI=1S/C22H45NO/c1-7-12-13-16-22(11-5,15-8-2)20-21(24-6)14-19-23(17-9-3)18-10-4/h11,21H,5,7-10,12-20H2,1-4,6H3. The molecule has 0 aromatic rings. The van der Waals surface area contributed by atoms with Crippen molar-refractivity contribution in [1.82, 2.24) is 4.90 Å². The van der Waals surface area contributed by atoms with Gasteiger partial charge in [0, 0.05) is 13.7 Å². The Morgan fingerprint density at radius 2 is 1.58 bits per heavy atom. The lowest BCUT2D eigenvalue weighted by molar-refractivity contribution is 0.0442. The van der Waals surface area contributed by atoms with Crippen molar-refractivity contribution in [2.24, 2.45) is 5.41 Å². The fraction of sp³-hybridized carbons (Fsp3) is 0.909. The minimum atomic E-state index is 0.269. The van der Waals surface area contributed by atoms with E-state index >= 15 is 0 Å². The molecule has 0 fully saturated rings. The zero-order valence-electron chi connectivity index (χ0n) is 17.4. The fourth-order valence-corrected chi connectivity index (χ4v) is 3.89. The van der Waals surface area contributed by atoms with Gasteiger partial charge < -0.3 is 9.64 Å². The van der Waals surface area contributed by atoms with Gasteiger partial charge in [-0.25, -0.2) is 0 Å². The van der Waals surface area contributed by atoms with Crippen molar-refractivity contribution in [3.05, 3.63) is 12.7 Å². The molecular weight excluding hydrogens is 294 g/mol. The third-order valence-corrected chi connectivity index (χ3v) is 5.27. The summed E-state index contributed by atoms with van der Waals surface area (Å²) in [5.41, 5.74) is 0.269. The summed E-state index contributed by atoms with van der Waals surface area (Å²) in [4.78, 5) is 2.60. The number of ether oxygens (including phenoxy) is 1. The summed E-state index contributed by atoms with van der Waals surface area (Å²) < 4.78 is 5.89. The molecule has 0 saturated carbocycles. The third kappa shape index (κ3) is 9.84. The van der Waals surface area contributed by atoms with Crippen LogP contribution in [0, 0.1) is 5.41 Å². The third-order valence-electron chi connectivity index (χ3n) is 5.27. The second kappa shape index (κ2) is 15.0.